The maximum absolute atomic E-state index is 8.94. The molecule has 1 atom stereocenters. The molecule has 24 heavy (non-hydrogen) atoms. The van der Waals surface area contributed by atoms with E-state index in [0.717, 1.165) is 30.2 Å². The number of methoxy groups -OCH3 is 2. The van der Waals surface area contributed by atoms with E-state index in [1.807, 2.05) is 18.2 Å². The third-order valence-corrected chi connectivity index (χ3v) is 3.59. The van der Waals surface area contributed by atoms with Gasteiger partial charge < -0.3 is 25.2 Å². The molecule has 0 saturated heterocycles. The monoisotopic (exact) mass is 332 g/mol. The zero-order chi connectivity index (χ0) is 17.4. The summed E-state index contributed by atoms with van der Waals surface area (Å²) < 4.78 is 10.6. The molecular weight excluding hydrogens is 308 g/mol. The highest BCUT2D eigenvalue weighted by Gasteiger charge is 2.07. The maximum atomic E-state index is 8.94. The predicted molar refractivity (Wildman–Crippen MR) is 94.2 cm³/mol. The molecule has 0 aliphatic rings. The number of aliphatic hydroxyl groups excluding tert-OH is 1. The molecule has 1 heterocycles. The Labute approximate surface area is 142 Å². The second kappa shape index (κ2) is 8.93. The van der Waals surface area contributed by atoms with Gasteiger partial charge in [-0.05, 0) is 24.5 Å². The first-order valence-corrected chi connectivity index (χ1v) is 7.82. The highest BCUT2D eigenvalue weighted by molar-refractivity contribution is 5.66. The minimum atomic E-state index is 0.191. The van der Waals surface area contributed by atoms with Gasteiger partial charge in [0.2, 0.25) is 0 Å². The molecule has 0 fully saturated rings. The van der Waals surface area contributed by atoms with Crippen molar-refractivity contribution in [2.75, 3.05) is 38.0 Å². The van der Waals surface area contributed by atoms with E-state index in [-0.39, 0.29) is 6.61 Å². The van der Waals surface area contributed by atoms with Gasteiger partial charge in [-0.3, -0.25) is 0 Å². The second-order valence-corrected chi connectivity index (χ2v) is 5.48. The SMILES string of the molecule is COc1ccc(Nc2cc(NC[C@H](C)CCO)ncn2)c(OC)c1. The number of ether oxygens (including phenoxy) is 2. The van der Waals surface area contributed by atoms with Gasteiger partial charge in [0.15, 0.2) is 0 Å². The minimum absolute atomic E-state index is 0.191. The van der Waals surface area contributed by atoms with Crippen LogP contribution in [-0.2, 0) is 0 Å². The van der Waals surface area contributed by atoms with Crippen LogP contribution in [-0.4, -0.2) is 42.4 Å². The van der Waals surface area contributed by atoms with E-state index in [2.05, 4.69) is 27.5 Å². The molecule has 0 spiro atoms. The maximum Gasteiger partial charge on any atom is 0.146 e. The normalized spacial score (nSPS) is 11.7. The number of anilines is 3. The number of aromatic nitrogens is 2. The summed E-state index contributed by atoms with van der Waals surface area (Å²) in [5, 5.41) is 15.4. The lowest BCUT2D eigenvalue weighted by Crippen LogP contribution is -2.13. The van der Waals surface area contributed by atoms with E-state index < -0.39 is 0 Å². The van der Waals surface area contributed by atoms with E-state index >= 15 is 0 Å². The molecule has 0 saturated carbocycles. The summed E-state index contributed by atoms with van der Waals surface area (Å²) >= 11 is 0. The lowest BCUT2D eigenvalue weighted by Gasteiger charge is -2.14. The van der Waals surface area contributed by atoms with Gasteiger partial charge >= 0.3 is 0 Å². The Balaban J connectivity index is 2.06. The molecule has 0 amide bonds. The van der Waals surface area contributed by atoms with Crippen LogP contribution in [0.3, 0.4) is 0 Å². The average Bonchev–Trinajstić information content (AvgIpc) is 2.61. The number of hydrogen-bond acceptors (Lipinski definition) is 7. The van der Waals surface area contributed by atoms with E-state index in [1.165, 1.54) is 6.33 Å². The zero-order valence-corrected chi connectivity index (χ0v) is 14.2. The van der Waals surface area contributed by atoms with E-state index in [4.69, 9.17) is 14.6 Å². The van der Waals surface area contributed by atoms with Crippen LogP contribution in [0.25, 0.3) is 0 Å². The topological polar surface area (TPSA) is 88.5 Å². The number of rotatable bonds is 9. The molecule has 0 aliphatic heterocycles. The molecule has 0 aliphatic carbocycles. The van der Waals surface area contributed by atoms with E-state index in [9.17, 15) is 0 Å². The minimum Gasteiger partial charge on any atom is -0.497 e. The van der Waals surface area contributed by atoms with Gasteiger partial charge in [0.05, 0.1) is 19.9 Å². The van der Waals surface area contributed by atoms with Crippen molar-refractivity contribution in [1.82, 2.24) is 9.97 Å². The summed E-state index contributed by atoms with van der Waals surface area (Å²) in [5.41, 5.74) is 0.789. The van der Waals surface area contributed by atoms with Gasteiger partial charge in [-0.1, -0.05) is 6.92 Å². The molecule has 2 rings (SSSR count). The standard InChI is InChI=1S/C17H24N4O3/c1-12(6-7-22)10-18-16-9-17(20-11-19-16)21-14-5-4-13(23-2)8-15(14)24-3/h4-5,8-9,11-12,22H,6-7,10H2,1-3H3,(H2,18,19,20,21)/t12-/m1/s1. The zero-order valence-electron chi connectivity index (χ0n) is 14.2. The fourth-order valence-electron chi connectivity index (χ4n) is 2.16. The Morgan fingerprint density at radius 1 is 1.12 bits per heavy atom. The fourth-order valence-corrected chi connectivity index (χ4v) is 2.16. The van der Waals surface area contributed by atoms with Crippen molar-refractivity contribution in [2.45, 2.75) is 13.3 Å². The largest absolute Gasteiger partial charge is 0.497 e. The van der Waals surface area contributed by atoms with Gasteiger partial charge in [-0.2, -0.15) is 0 Å². The Hall–Kier alpha value is -2.54. The predicted octanol–water partition coefficient (Wildman–Crippen LogP) is 2.67. The Kier molecular flexibility index (Phi) is 6.62. The third kappa shape index (κ3) is 4.99. The quantitative estimate of drug-likeness (QED) is 0.650. The molecule has 3 N–H and O–H groups in total. The first-order chi connectivity index (χ1) is 11.7. The first-order valence-electron chi connectivity index (χ1n) is 7.82. The number of hydrogen-bond donors (Lipinski definition) is 3. The lowest BCUT2D eigenvalue weighted by atomic mass is 10.1. The van der Waals surface area contributed by atoms with Crippen LogP contribution in [0.4, 0.5) is 17.3 Å². The Morgan fingerprint density at radius 3 is 2.62 bits per heavy atom. The van der Waals surface area contributed by atoms with E-state index in [0.29, 0.717) is 17.5 Å². The van der Waals surface area contributed by atoms with Crippen molar-refractivity contribution in [3.8, 4) is 11.5 Å². The molecule has 0 bridgehead atoms. The van der Waals surface area contributed by atoms with Crippen molar-refractivity contribution < 1.29 is 14.6 Å². The summed E-state index contributed by atoms with van der Waals surface area (Å²) in [5.74, 6) is 3.14. The number of nitrogens with zero attached hydrogens (tertiary/aromatic N) is 2. The van der Waals surface area contributed by atoms with Crippen LogP contribution in [0.15, 0.2) is 30.6 Å². The average molecular weight is 332 g/mol. The van der Waals surface area contributed by atoms with Crippen LogP contribution in [0, 0.1) is 5.92 Å². The van der Waals surface area contributed by atoms with Gasteiger partial charge in [0.25, 0.3) is 0 Å². The van der Waals surface area contributed by atoms with Gasteiger partial charge in [0.1, 0.15) is 29.5 Å². The van der Waals surface area contributed by atoms with Crippen LogP contribution < -0.4 is 20.1 Å². The molecular formula is C17H24N4O3. The molecule has 2 aromatic rings. The van der Waals surface area contributed by atoms with Gasteiger partial charge in [-0.25, -0.2) is 9.97 Å². The highest BCUT2D eigenvalue weighted by Crippen LogP contribution is 2.31. The molecule has 130 valence electrons. The summed E-state index contributed by atoms with van der Waals surface area (Å²) in [4.78, 5) is 8.43. The van der Waals surface area contributed by atoms with E-state index in [1.54, 1.807) is 20.3 Å². The summed E-state index contributed by atoms with van der Waals surface area (Å²) in [6, 6.07) is 7.35. The van der Waals surface area contributed by atoms with Crippen molar-refractivity contribution in [1.29, 1.82) is 0 Å². The molecule has 7 nitrogen and oxygen atoms in total. The van der Waals surface area contributed by atoms with Crippen molar-refractivity contribution in [3.63, 3.8) is 0 Å². The van der Waals surface area contributed by atoms with Crippen molar-refractivity contribution >= 4 is 17.3 Å². The molecule has 7 heteroatoms. The molecule has 0 radical (unpaired) electrons. The highest BCUT2D eigenvalue weighted by atomic mass is 16.5. The van der Waals surface area contributed by atoms with Crippen molar-refractivity contribution in [3.05, 3.63) is 30.6 Å². The van der Waals surface area contributed by atoms with Crippen molar-refractivity contribution in [2.24, 2.45) is 5.92 Å². The van der Waals surface area contributed by atoms with Crippen LogP contribution in [0.1, 0.15) is 13.3 Å². The van der Waals surface area contributed by atoms with Crippen LogP contribution >= 0.6 is 0 Å². The first kappa shape index (κ1) is 17.8. The Bertz CT molecular complexity index is 651. The lowest BCUT2D eigenvalue weighted by molar-refractivity contribution is 0.266. The number of nitrogens with one attached hydrogen (secondary N) is 2. The van der Waals surface area contributed by atoms with Crippen LogP contribution in [0.2, 0.25) is 0 Å². The summed E-state index contributed by atoms with van der Waals surface area (Å²) in [6.07, 6.45) is 2.25. The second-order valence-electron chi connectivity index (χ2n) is 5.48. The van der Waals surface area contributed by atoms with Gasteiger partial charge in [0, 0.05) is 25.3 Å². The molecule has 1 aromatic carbocycles. The molecule has 1 aromatic heterocycles. The Morgan fingerprint density at radius 2 is 1.92 bits per heavy atom. The molecule has 0 unspecified atom stereocenters. The van der Waals surface area contributed by atoms with Crippen LogP contribution in [0.5, 0.6) is 11.5 Å². The number of aliphatic hydroxyl groups is 1. The summed E-state index contributed by atoms with van der Waals surface area (Å²) in [7, 11) is 3.22. The third-order valence-electron chi connectivity index (χ3n) is 3.59. The fraction of sp³-hybridized carbons (Fsp3) is 0.412. The smallest absolute Gasteiger partial charge is 0.146 e. The van der Waals surface area contributed by atoms with Gasteiger partial charge in [-0.15, -0.1) is 0 Å². The summed E-state index contributed by atoms with van der Waals surface area (Å²) in [6.45, 7) is 3.01. The number of benzene rings is 1.